The summed E-state index contributed by atoms with van der Waals surface area (Å²) in [5.74, 6) is 1.06. The fourth-order valence-corrected chi connectivity index (χ4v) is 3.38. The maximum atomic E-state index is 6.12. The summed E-state index contributed by atoms with van der Waals surface area (Å²) in [6, 6.07) is 5.46. The van der Waals surface area contributed by atoms with Crippen molar-refractivity contribution < 1.29 is 4.74 Å². The van der Waals surface area contributed by atoms with Gasteiger partial charge in [0.2, 0.25) is 0 Å². The van der Waals surface area contributed by atoms with Crippen molar-refractivity contribution in [1.82, 2.24) is 4.90 Å². The molecule has 1 aromatic carbocycles. The van der Waals surface area contributed by atoms with Gasteiger partial charge in [-0.2, -0.15) is 0 Å². The molecule has 1 fully saturated rings. The molecule has 0 amide bonds. The summed E-state index contributed by atoms with van der Waals surface area (Å²) in [5.41, 5.74) is 6.98. The van der Waals surface area contributed by atoms with Crippen LogP contribution in [0, 0.1) is 0 Å². The summed E-state index contributed by atoms with van der Waals surface area (Å²) in [5, 5.41) is 3.64. The number of aliphatic imine (C=N–C) groups is 1. The van der Waals surface area contributed by atoms with Gasteiger partial charge < -0.3 is 20.7 Å². The van der Waals surface area contributed by atoms with E-state index in [1.807, 2.05) is 6.07 Å². The molecule has 1 aromatic rings. The predicted octanol–water partition coefficient (Wildman–Crippen LogP) is 3.96. The zero-order valence-corrected chi connectivity index (χ0v) is 17.7. The Hall–Kier alpha value is -0.730. The Labute approximate surface area is 167 Å². The number of hydrogen-bond donors (Lipinski definition) is 2. The Bertz CT molecular complexity index is 560. The normalized spacial score (nSPS) is 17.3. The van der Waals surface area contributed by atoms with Crippen LogP contribution >= 0.6 is 35.6 Å². The largest absolute Gasteiger partial charge is 0.495 e. The fraction of sp³-hybridized carbons (Fsp3) is 0.588. The third-order valence-corrected chi connectivity index (χ3v) is 5.00. The van der Waals surface area contributed by atoms with Crippen molar-refractivity contribution in [2.45, 2.75) is 37.6 Å². The van der Waals surface area contributed by atoms with Gasteiger partial charge >= 0.3 is 0 Å². The van der Waals surface area contributed by atoms with Crippen LogP contribution in [-0.2, 0) is 0 Å². The van der Waals surface area contributed by atoms with Crippen molar-refractivity contribution >= 4 is 47.2 Å². The van der Waals surface area contributed by atoms with E-state index in [1.165, 1.54) is 32.1 Å². The second kappa shape index (κ2) is 9.68. The van der Waals surface area contributed by atoms with E-state index in [2.05, 4.69) is 29.3 Å². The van der Waals surface area contributed by atoms with Crippen molar-refractivity contribution in [1.29, 1.82) is 0 Å². The summed E-state index contributed by atoms with van der Waals surface area (Å²) in [7, 11) is 5.86. The molecule has 5 nitrogen and oxygen atoms in total. The Morgan fingerprint density at radius 3 is 2.54 bits per heavy atom. The maximum Gasteiger partial charge on any atom is 0.193 e. The van der Waals surface area contributed by atoms with E-state index in [-0.39, 0.29) is 29.5 Å². The van der Waals surface area contributed by atoms with Crippen molar-refractivity contribution in [3.05, 3.63) is 23.2 Å². The molecule has 0 radical (unpaired) electrons. The Morgan fingerprint density at radius 2 is 2.00 bits per heavy atom. The molecule has 1 aliphatic rings. The third kappa shape index (κ3) is 5.39. The standard InChI is InChI=1S/C17H27ClN4O.HI/c1-22(2)17(9-5-4-6-10-17)12-20-16(19)21-13-7-8-15(23-3)14(18)11-13;/h7-8,11H,4-6,9-10,12H2,1-3H3,(H3,19,20,21);1H. The van der Waals surface area contributed by atoms with E-state index in [4.69, 9.17) is 22.1 Å². The molecule has 1 saturated carbocycles. The Morgan fingerprint density at radius 1 is 1.33 bits per heavy atom. The van der Waals surface area contributed by atoms with E-state index in [9.17, 15) is 0 Å². The smallest absolute Gasteiger partial charge is 0.193 e. The van der Waals surface area contributed by atoms with Gasteiger partial charge in [-0.25, -0.2) is 0 Å². The van der Waals surface area contributed by atoms with Gasteiger partial charge in [0.25, 0.3) is 0 Å². The fourth-order valence-electron chi connectivity index (χ4n) is 3.12. The van der Waals surface area contributed by atoms with Gasteiger partial charge in [-0.15, -0.1) is 24.0 Å². The minimum atomic E-state index is 0. The second-order valence-electron chi connectivity index (χ2n) is 6.36. The van der Waals surface area contributed by atoms with Crippen LogP contribution in [0.1, 0.15) is 32.1 Å². The van der Waals surface area contributed by atoms with Crippen molar-refractivity contribution in [3.63, 3.8) is 0 Å². The zero-order chi connectivity index (χ0) is 16.9. The lowest BCUT2D eigenvalue weighted by Gasteiger charge is -2.42. The second-order valence-corrected chi connectivity index (χ2v) is 6.76. The molecule has 0 heterocycles. The average molecular weight is 467 g/mol. The van der Waals surface area contributed by atoms with E-state index >= 15 is 0 Å². The molecule has 0 aliphatic heterocycles. The molecule has 2 rings (SSSR count). The summed E-state index contributed by atoms with van der Waals surface area (Å²) < 4.78 is 5.14. The molecule has 0 aromatic heterocycles. The first-order valence-electron chi connectivity index (χ1n) is 8.05. The number of anilines is 1. The Balaban J connectivity index is 0.00000288. The number of hydrogen-bond acceptors (Lipinski definition) is 3. The summed E-state index contributed by atoms with van der Waals surface area (Å²) in [6.07, 6.45) is 6.18. The van der Waals surface area contributed by atoms with Crippen LogP contribution in [0.25, 0.3) is 0 Å². The number of guanidine groups is 1. The average Bonchev–Trinajstić information content (AvgIpc) is 2.54. The number of nitrogens with zero attached hydrogens (tertiary/aromatic N) is 2. The lowest BCUT2D eigenvalue weighted by Crippen LogP contribution is -2.49. The number of benzene rings is 1. The summed E-state index contributed by atoms with van der Waals surface area (Å²) in [4.78, 5) is 6.87. The quantitative estimate of drug-likeness (QED) is 0.392. The molecule has 3 N–H and O–H groups in total. The summed E-state index contributed by atoms with van der Waals surface area (Å²) >= 11 is 6.12. The first-order valence-corrected chi connectivity index (χ1v) is 8.42. The molecular weight excluding hydrogens is 439 g/mol. The van der Waals surface area contributed by atoms with E-state index in [0.717, 1.165) is 5.69 Å². The van der Waals surface area contributed by atoms with Gasteiger partial charge in [-0.05, 0) is 45.1 Å². The Kier molecular flexibility index (Phi) is 8.59. The first kappa shape index (κ1) is 21.3. The highest BCUT2D eigenvalue weighted by atomic mass is 127. The molecule has 0 bridgehead atoms. The van der Waals surface area contributed by atoms with Gasteiger partial charge in [-0.1, -0.05) is 30.9 Å². The number of nitrogens with one attached hydrogen (secondary N) is 1. The van der Waals surface area contributed by atoms with Crippen LogP contribution in [0.4, 0.5) is 5.69 Å². The molecular formula is C17H28ClIN4O. The number of halogens is 2. The van der Waals surface area contributed by atoms with Gasteiger partial charge in [0.05, 0.1) is 18.7 Å². The number of nitrogens with two attached hydrogens (primary N) is 1. The predicted molar refractivity (Wildman–Crippen MR) is 113 cm³/mol. The molecule has 0 saturated heterocycles. The number of likely N-dealkylation sites (N-methyl/N-ethyl adjacent to an activating group) is 1. The van der Waals surface area contributed by atoms with Crippen LogP contribution in [0.15, 0.2) is 23.2 Å². The monoisotopic (exact) mass is 466 g/mol. The highest BCUT2D eigenvalue weighted by molar-refractivity contribution is 14.0. The zero-order valence-electron chi connectivity index (χ0n) is 14.6. The number of rotatable bonds is 5. The molecule has 24 heavy (non-hydrogen) atoms. The summed E-state index contributed by atoms with van der Waals surface area (Å²) in [6.45, 7) is 0.711. The van der Waals surface area contributed by atoms with Crippen LogP contribution in [0.5, 0.6) is 5.75 Å². The molecule has 0 unspecified atom stereocenters. The third-order valence-electron chi connectivity index (χ3n) is 4.70. The number of methoxy groups -OCH3 is 1. The van der Waals surface area contributed by atoms with E-state index in [1.54, 1.807) is 19.2 Å². The van der Waals surface area contributed by atoms with Gasteiger partial charge in [0, 0.05) is 11.2 Å². The van der Waals surface area contributed by atoms with Crippen molar-refractivity contribution in [2.24, 2.45) is 10.7 Å². The SMILES string of the molecule is COc1ccc(NC(N)=NCC2(N(C)C)CCCCC2)cc1Cl.I. The van der Waals surface area contributed by atoms with Gasteiger partial charge in [0.15, 0.2) is 5.96 Å². The van der Waals surface area contributed by atoms with Crippen molar-refractivity contribution in [2.75, 3.05) is 33.1 Å². The van der Waals surface area contributed by atoms with Gasteiger partial charge in [-0.3, -0.25) is 4.99 Å². The lowest BCUT2D eigenvalue weighted by atomic mass is 9.81. The minimum absolute atomic E-state index is 0. The number of ether oxygens (including phenoxy) is 1. The van der Waals surface area contributed by atoms with Gasteiger partial charge in [0.1, 0.15) is 5.75 Å². The lowest BCUT2D eigenvalue weighted by molar-refractivity contribution is 0.109. The van der Waals surface area contributed by atoms with Crippen LogP contribution in [0.2, 0.25) is 5.02 Å². The van der Waals surface area contributed by atoms with Crippen LogP contribution < -0.4 is 15.8 Å². The maximum absolute atomic E-state index is 6.12. The van der Waals surface area contributed by atoms with Crippen molar-refractivity contribution in [3.8, 4) is 5.75 Å². The topological polar surface area (TPSA) is 62.9 Å². The molecule has 0 atom stereocenters. The minimum Gasteiger partial charge on any atom is -0.495 e. The highest BCUT2D eigenvalue weighted by Gasteiger charge is 2.33. The molecule has 7 heteroatoms. The molecule has 136 valence electrons. The first-order chi connectivity index (χ1) is 11.0. The molecule has 0 spiro atoms. The van der Waals surface area contributed by atoms with E-state index in [0.29, 0.717) is 23.3 Å². The van der Waals surface area contributed by atoms with Crippen LogP contribution in [0.3, 0.4) is 0 Å². The van der Waals surface area contributed by atoms with Crippen LogP contribution in [-0.4, -0.2) is 44.1 Å². The van der Waals surface area contributed by atoms with E-state index < -0.39 is 0 Å². The molecule has 1 aliphatic carbocycles. The highest BCUT2D eigenvalue weighted by Crippen LogP contribution is 2.32.